The molecule has 6 nitrogen and oxygen atoms in total. The zero-order valence-corrected chi connectivity index (χ0v) is 10.6. The maximum atomic E-state index is 5.70. The van der Waals surface area contributed by atoms with Crippen LogP contribution in [0.15, 0.2) is 24.5 Å². The Kier molecular flexibility index (Phi) is 1.91. The lowest BCUT2D eigenvalue weighted by atomic mass is 10.2. The van der Waals surface area contributed by atoms with Gasteiger partial charge in [-0.2, -0.15) is 9.61 Å². The summed E-state index contributed by atoms with van der Waals surface area (Å²) in [5.74, 6) is 0. The fourth-order valence-electron chi connectivity index (χ4n) is 1.75. The van der Waals surface area contributed by atoms with E-state index in [9.17, 15) is 0 Å². The zero-order valence-electron chi connectivity index (χ0n) is 8.94. The lowest BCUT2D eigenvalue weighted by Crippen LogP contribution is -1.82. The number of benzene rings is 1. The van der Waals surface area contributed by atoms with Crippen LogP contribution in [-0.4, -0.2) is 24.8 Å². The number of hydrogen-bond acceptors (Lipinski definition) is 7. The van der Waals surface area contributed by atoms with Crippen LogP contribution >= 0.6 is 22.7 Å². The molecule has 0 saturated heterocycles. The fraction of sp³-hybridized carbons (Fsp3) is 0. The standard InChI is InChI=1S/C10H6N6S2/c11-9-13-6-2-1-5(3-7(6)17-9)8-15-16-4-12-14-10(16)18-8/h1-4H,(H2,11,13). The second-order valence-electron chi connectivity index (χ2n) is 3.70. The van der Waals surface area contributed by atoms with Gasteiger partial charge in [0.15, 0.2) is 5.13 Å². The van der Waals surface area contributed by atoms with Crippen molar-refractivity contribution in [3.63, 3.8) is 0 Å². The van der Waals surface area contributed by atoms with Crippen LogP contribution in [0.4, 0.5) is 5.13 Å². The molecule has 0 aliphatic rings. The van der Waals surface area contributed by atoms with Gasteiger partial charge in [-0.15, -0.1) is 10.2 Å². The number of nitrogen functional groups attached to an aromatic ring is 1. The van der Waals surface area contributed by atoms with Crippen LogP contribution in [0.1, 0.15) is 0 Å². The molecular weight excluding hydrogens is 268 g/mol. The molecule has 0 amide bonds. The van der Waals surface area contributed by atoms with E-state index >= 15 is 0 Å². The number of aromatic nitrogens is 5. The maximum absolute atomic E-state index is 5.70. The molecule has 4 aromatic rings. The summed E-state index contributed by atoms with van der Waals surface area (Å²) in [6.45, 7) is 0. The Hall–Kier alpha value is -2.06. The molecular formula is C10H6N6S2. The number of anilines is 1. The van der Waals surface area contributed by atoms with Gasteiger partial charge in [-0.3, -0.25) is 0 Å². The molecule has 18 heavy (non-hydrogen) atoms. The molecule has 0 spiro atoms. The lowest BCUT2D eigenvalue weighted by molar-refractivity contribution is 0.960. The molecule has 88 valence electrons. The average Bonchev–Trinajstić information content (AvgIpc) is 2.97. The first-order valence-electron chi connectivity index (χ1n) is 5.13. The average molecular weight is 274 g/mol. The van der Waals surface area contributed by atoms with Crippen molar-refractivity contribution in [2.24, 2.45) is 0 Å². The van der Waals surface area contributed by atoms with Crippen LogP contribution in [-0.2, 0) is 0 Å². The van der Waals surface area contributed by atoms with Crippen LogP contribution in [0.3, 0.4) is 0 Å². The van der Waals surface area contributed by atoms with Gasteiger partial charge in [0.2, 0.25) is 4.96 Å². The highest BCUT2D eigenvalue weighted by atomic mass is 32.1. The third-order valence-corrected chi connectivity index (χ3v) is 4.35. The van der Waals surface area contributed by atoms with E-state index in [1.807, 2.05) is 12.1 Å². The summed E-state index contributed by atoms with van der Waals surface area (Å²) < 4.78 is 2.74. The van der Waals surface area contributed by atoms with Crippen molar-refractivity contribution in [1.82, 2.24) is 24.8 Å². The summed E-state index contributed by atoms with van der Waals surface area (Å²) in [6, 6.07) is 6.00. The molecule has 0 unspecified atom stereocenters. The second kappa shape index (κ2) is 3.47. The van der Waals surface area contributed by atoms with Crippen LogP contribution in [0.5, 0.6) is 0 Å². The van der Waals surface area contributed by atoms with Gasteiger partial charge in [0, 0.05) is 5.56 Å². The van der Waals surface area contributed by atoms with Crippen molar-refractivity contribution in [1.29, 1.82) is 0 Å². The van der Waals surface area contributed by atoms with Crippen molar-refractivity contribution >= 4 is 43.0 Å². The van der Waals surface area contributed by atoms with Crippen molar-refractivity contribution < 1.29 is 0 Å². The van der Waals surface area contributed by atoms with Crippen molar-refractivity contribution in [3.05, 3.63) is 24.5 Å². The predicted molar refractivity (Wildman–Crippen MR) is 71.7 cm³/mol. The predicted octanol–water partition coefficient (Wildman–Crippen LogP) is 2.04. The lowest BCUT2D eigenvalue weighted by Gasteiger charge is -1.94. The van der Waals surface area contributed by atoms with Gasteiger partial charge < -0.3 is 5.73 Å². The number of nitrogens with zero attached hydrogens (tertiary/aromatic N) is 5. The molecule has 0 aliphatic heterocycles. The Morgan fingerprint density at radius 3 is 3.06 bits per heavy atom. The highest BCUT2D eigenvalue weighted by Crippen LogP contribution is 2.30. The van der Waals surface area contributed by atoms with E-state index in [1.54, 1.807) is 10.8 Å². The first kappa shape index (κ1) is 9.92. The molecule has 8 heteroatoms. The molecule has 0 aliphatic carbocycles. The quantitative estimate of drug-likeness (QED) is 0.574. The monoisotopic (exact) mass is 274 g/mol. The topological polar surface area (TPSA) is 82.0 Å². The number of thiazole rings is 1. The third kappa shape index (κ3) is 1.39. The van der Waals surface area contributed by atoms with Crippen molar-refractivity contribution in [2.45, 2.75) is 0 Å². The highest BCUT2D eigenvalue weighted by molar-refractivity contribution is 7.22. The molecule has 0 atom stereocenters. The van der Waals surface area contributed by atoms with E-state index in [0.717, 1.165) is 25.7 Å². The minimum absolute atomic E-state index is 0.584. The Morgan fingerprint density at radius 1 is 1.22 bits per heavy atom. The first-order chi connectivity index (χ1) is 8.79. The molecule has 1 aromatic carbocycles. The zero-order chi connectivity index (χ0) is 12.1. The van der Waals surface area contributed by atoms with Crippen molar-refractivity contribution in [2.75, 3.05) is 5.73 Å². The number of nitrogens with two attached hydrogens (primary N) is 1. The van der Waals surface area contributed by atoms with Gasteiger partial charge in [-0.05, 0) is 18.2 Å². The summed E-state index contributed by atoms with van der Waals surface area (Å²) in [4.78, 5) is 5.02. The van der Waals surface area contributed by atoms with E-state index in [2.05, 4.69) is 26.3 Å². The van der Waals surface area contributed by atoms with Crippen LogP contribution in [0.25, 0.3) is 25.7 Å². The summed E-state index contributed by atoms with van der Waals surface area (Å²) in [6.07, 6.45) is 1.60. The van der Waals surface area contributed by atoms with E-state index in [0.29, 0.717) is 5.13 Å². The minimum Gasteiger partial charge on any atom is -0.375 e. The minimum atomic E-state index is 0.584. The molecule has 4 rings (SSSR count). The molecule has 0 radical (unpaired) electrons. The normalized spacial score (nSPS) is 11.6. The van der Waals surface area contributed by atoms with E-state index in [1.165, 1.54) is 22.7 Å². The van der Waals surface area contributed by atoms with Crippen LogP contribution in [0.2, 0.25) is 0 Å². The summed E-state index contributed by atoms with van der Waals surface area (Å²) in [7, 11) is 0. The van der Waals surface area contributed by atoms with Gasteiger partial charge >= 0.3 is 0 Å². The SMILES string of the molecule is Nc1nc2ccc(-c3nn4cnnc4s3)cc2s1. The Bertz CT molecular complexity index is 829. The smallest absolute Gasteiger partial charge is 0.234 e. The Labute approximate surface area is 109 Å². The summed E-state index contributed by atoms with van der Waals surface area (Å²) >= 11 is 2.98. The summed E-state index contributed by atoms with van der Waals surface area (Å²) in [5, 5.41) is 13.7. The first-order valence-corrected chi connectivity index (χ1v) is 6.76. The van der Waals surface area contributed by atoms with Gasteiger partial charge in [0.25, 0.3) is 0 Å². The van der Waals surface area contributed by atoms with Gasteiger partial charge in [-0.1, -0.05) is 22.7 Å². The molecule has 0 saturated carbocycles. The maximum Gasteiger partial charge on any atom is 0.234 e. The summed E-state index contributed by atoms with van der Waals surface area (Å²) in [5.41, 5.74) is 7.66. The molecule has 0 fully saturated rings. The van der Waals surface area contributed by atoms with Crippen LogP contribution < -0.4 is 5.73 Å². The third-order valence-electron chi connectivity index (χ3n) is 2.54. The van der Waals surface area contributed by atoms with Gasteiger partial charge in [0.05, 0.1) is 10.2 Å². The Balaban J connectivity index is 1.92. The number of fused-ring (bicyclic) bond motifs is 2. The van der Waals surface area contributed by atoms with Gasteiger partial charge in [0.1, 0.15) is 11.3 Å². The molecule has 3 aromatic heterocycles. The Morgan fingerprint density at radius 2 is 2.17 bits per heavy atom. The highest BCUT2D eigenvalue weighted by Gasteiger charge is 2.09. The van der Waals surface area contributed by atoms with Crippen molar-refractivity contribution in [3.8, 4) is 10.6 Å². The number of hydrogen-bond donors (Lipinski definition) is 1. The molecule has 0 bridgehead atoms. The second-order valence-corrected chi connectivity index (χ2v) is 5.72. The fourth-order valence-corrected chi connectivity index (χ4v) is 3.34. The largest absolute Gasteiger partial charge is 0.375 e. The van der Waals surface area contributed by atoms with Crippen LogP contribution in [0, 0.1) is 0 Å². The van der Waals surface area contributed by atoms with E-state index in [4.69, 9.17) is 5.73 Å². The number of rotatable bonds is 1. The van der Waals surface area contributed by atoms with E-state index in [-0.39, 0.29) is 0 Å². The van der Waals surface area contributed by atoms with Gasteiger partial charge in [-0.25, -0.2) is 4.98 Å². The van der Waals surface area contributed by atoms with E-state index < -0.39 is 0 Å². The molecule has 2 N–H and O–H groups in total. The molecule has 3 heterocycles.